The Balaban J connectivity index is 1.94. The fourth-order valence-electron chi connectivity index (χ4n) is 2.78. The van der Waals surface area contributed by atoms with Crippen LogP contribution in [0.1, 0.15) is 30.4 Å². The molecule has 4 heteroatoms. The van der Waals surface area contributed by atoms with E-state index in [-0.39, 0.29) is 12.0 Å². The first kappa shape index (κ1) is 14.9. The molecule has 1 aromatic carbocycles. The molecule has 0 saturated heterocycles. The molecule has 0 aliphatic carbocycles. The summed E-state index contributed by atoms with van der Waals surface area (Å²) in [5.74, 6) is -0.187. The molecule has 110 valence electrons. The minimum absolute atomic E-state index is 0.00784. The number of ether oxygens (including phenoxy) is 1. The Morgan fingerprint density at radius 2 is 2.30 bits per heavy atom. The third-order valence-electron chi connectivity index (χ3n) is 3.94. The summed E-state index contributed by atoms with van der Waals surface area (Å²) in [5.41, 5.74) is 10.1. The molecular weight excluding hydrogens is 252 g/mol. The van der Waals surface area contributed by atoms with Gasteiger partial charge in [-0.2, -0.15) is 0 Å². The lowest BCUT2D eigenvalue weighted by atomic mass is 9.96. The summed E-state index contributed by atoms with van der Waals surface area (Å²) < 4.78 is 4.64. The van der Waals surface area contributed by atoms with Crippen molar-refractivity contribution in [3.05, 3.63) is 29.3 Å². The van der Waals surface area contributed by atoms with Crippen molar-refractivity contribution in [2.24, 2.45) is 5.73 Å². The zero-order chi connectivity index (χ0) is 14.5. The van der Waals surface area contributed by atoms with Crippen LogP contribution in [-0.2, 0) is 22.4 Å². The maximum absolute atomic E-state index is 11.1. The van der Waals surface area contributed by atoms with Gasteiger partial charge in [0.2, 0.25) is 0 Å². The molecule has 0 spiro atoms. The van der Waals surface area contributed by atoms with E-state index in [1.807, 2.05) is 0 Å². The van der Waals surface area contributed by atoms with Crippen LogP contribution in [-0.4, -0.2) is 32.7 Å². The number of carbonyl (C=O) groups is 1. The molecule has 1 unspecified atom stereocenters. The minimum Gasteiger partial charge on any atom is -0.469 e. The second-order valence-corrected chi connectivity index (χ2v) is 5.57. The topological polar surface area (TPSA) is 55.6 Å². The van der Waals surface area contributed by atoms with Crippen molar-refractivity contribution in [3.8, 4) is 0 Å². The van der Waals surface area contributed by atoms with E-state index < -0.39 is 0 Å². The lowest BCUT2D eigenvalue weighted by molar-refractivity contribution is -0.140. The van der Waals surface area contributed by atoms with Crippen molar-refractivity contribution in [2.45, 2.75) is 38.1 Å². The van der Waals surface area contributed by atoms with E-state index >= 15 is 0 Å². The summed E-state index contributed by atoms with van der Waals surface area (Å²) >= 11 is 0. The Morgan fingerprint density at radius 3 is 3.05 bits per heavy atom. The molecular formula is C16H24N2O2. The van der Waals surface area contributed by atoms with Crippen molar-refractivity contribution in [2.75, 3.05) is 25.6 Å². The number of methoxy groups -OCH3 is 1. The predicted molar refractivity (Wildman–Crippen MR) is 81.0 cm³/mol. The number of nitrogens with zero attached hydrogens (tertiary/aromatic N) is 1. The number of carbonyl (C=O) groups excluding carboxylic acids is 1. The van der Waals surface area contributed by atoms with E-state index in [9.17, 15) is 4.79 Å². The van der Waals surface area contributed by atoms with Gasteiger partial charge in [-0.1, -0.05) is 12.1 Å². The number of aryl methyl sites for hydroxylation is 1. The van der Waals surface area contributed by atoms with Gasteiger partial charge < -0.3 is 15.4 Å². The molecule has 0 radical (unpaired) electrons. The Bertz CT molecular complexity index is 474. The monoisotopic (exact) mass is 276 g/mol. The van der Waals surface area contributed by atoms with Crippen molar-refractivity contribution in [3.63, 3.8) is 0 Å². The molecule has 1 aliphatic rings. The molecule has 0 amide bonds. The Labute approximate surface area is 120 Å². The van der Waals surface area contributed by atoms with E-state index in [0.29, 0.717) is 12.8 Å². The molecule has 1 atom stereocenters. The molecule has 1 aromatic rings. The van der Waals surface area contributed by atoms with Crippen LogP contribution in [0, 0.1) is 0 Å². The number of hydrogen-bond donors (Lipinski definition) is 1. The summed E-state index contributed by atoms with van der Waals surface area (Å²) in [6, 6.07) is 6.62. The van der Waals surface area contributed by atoms with Crippen LogP contribution in [0.5, 0.6) is 0 Å². The van der Waals surface area contributed by atoms with Gasteiger partial charge in [-0.15, -0.1) is 0 Å². The van der Waals surface area contributed by atoms with Crippen LogP contribution < -0.4 is 10.6 Å². The van der Waals surface area contributed by atoms with Crippen LogP contribution >= 0.6 is 0 Å². The summed E-state index contributed by atoms with van der Waals surface area (Å²) in [6.07, 6.45) is 4.23. The van der Waals surface area contributed by atoms with E-state index in [2.05, 4.69) is 34.9 Å². The zero-order valence-electron chi connectivity index (χ0n) is 12.4. The van der Waals surface area contributed by atoms with E-state index in [0.717, 1.165) is 19.4 Å². The number of nitrogens with two attached hydrogens (primary N) is 1. The summed E-state index contributed by atoms with van der Waals surface area (Å²) in [7, 11) is 3.55. The molecule has 0 bridgehead atoms. The van der Waals surface area contributed by atoms with Gasteiger partial charge in [0.25, 0.3) is 0 Å². The quantitative estimate of drug-likeness (QED) is 0.834. The van der Waals surface area contributed by atoms with E-state index in [4.69, 9.17) is 5.73 Å². The Morgan fingerprint density at radius 1 is 1.50 bits per heavy atom. The average Bonchev–Trinajstić information content (AvgIpc) is 2.45. The summed E-state index contributed by atoms with van der Waals surface area (Å²) in [5, 5.41) is 0. The Kier molecular flexibility index (Phi) is 5.01. The molecule has 1 heterocycles. The van der Waals surface area contributed by atoms with Gasteiger partial charge in [0.1, 0.15) is 0 Å². The van der Waals surface area contributed by atoms with Crippen molar-refractivity contribution in [1.82, 2.24) is 0 Å². The standard InChI is InChI=1S/C16H24N2O2/c1-18-9-3-4-13-10-12(5-7-15(13)18)11-14(17)6-8-16(19)20-2/h5,7,10,14H,3-4,6,8-9,11,17H2,1-2H3. The number of anilines is 1. The molecule has 0 saturated carbocycles. The highest BCUT2D eigenvalue weighted by atomic mass is 16.5. The van der Waals surface area contributed by atoms with Gasteiger partial charge >= 0.3 is 5.97 Å². The average molecular weight is 276 g/mol. The van der Waals surface area contributed by atoms with Gasteiger partial charge in [-0.25, -0.2) is 0 Å². The normalized spacial score (nSPS) is 15.7. The summed E-state index contributed by atoms with van der Waals surface area (Å²) in [4.78, 5) is 13.4. The van der Waals surface area contributed by atoms with Crippen molar-refractivity contribution >= 4 is 11.7 Å². The van der Waals surface area contributed by atoms with Gasteiger partial charge in [0, 0.05) is 31.7 Å². The minimum atomic E-state index is -0.187. The molecule has 2 rings (SSSR count). The molecule has 1 aliphatic heterocycles. The van der Waals surface area contributed by atoms with Gasteiger partial charge in [0.05, 0.1) is 7.11 Å². The Hall–Kier alpha value is -1.55. The smallest absolute Gasteiger partial charge is 0.305 e. The predicted octanol–water partition coefficient (Wildman–Crippen LogP) is 1.89. The number of esters is 1. The lowest BCUT2D eigenvalue weighted by Crippen LogP contribution is -2.26. The van der Waals surface area contributed by atoms with Crippen molar-refractivity contribution in [1.29, 1.82) is 0 Å². The van der Waals surface area contributed by atoms with E-state index in [1.165, 1.54) is 30.3 Å². The van der Waals surface area contributed by atoms with Crippen LogP contribution in [0.25, 0.3) is 0 Å². The molecule has 4 nitrogen and oxygen atoms in total. The second-order valence-electron chi connectivity index (χ2n) is 5.57. The maximum atomic E-state index is 11.1. The highest BCUT2D eigenvalue weighted by Gasteiger charge is 2.15. The third kappa shape index (κ3) is 3.73. The first-order chi connectivity index (χ1) is 9.60. The number of rotatable bonds is 5. The molecule has 0 aromatic heterocycles. The van der Waals surface area contributed by atoms with E-state index in [1.54, 1.807) is 0 Å². The SMILES string of the molecule is COC(=O)CCC(N)Cc1ccc2c(c1)CCCN2C. The zero-order valence-corrected chi connectivity index (χ0v) is 12.4. The van der Waals surface area contributed by atoms with Crippen molar-refractivity contribution < 1.29 is 9.53 Å². The van der Waals surface area contributed by atoms with Crippen LogP contribution in [0.2, 0.25) is 0 Å². The highest BCUT2D eigenvalue weighted by Crippen LogP contribution is 2.27. The van der Waals surface area contributed by atoms with Gasteiger partial charge in [-0.3, -0.25) is 4.79 Å². The number of fused-ring (bicyclic) bond motifs is 1. The van der Waals surface area contributed by atoms with Crippen LogP contribution in [0.15, 0.2) is 18.2 Å². The molecule has 2 N–H and O–H groups in total. The fourth-order valence-corrected chi connectivity index (χ4v) is 2.78. The fraction of sp³-hybridized carbons (Fsp3) is 0.562. The molecule has 20 heavy (non-hydrogen) atoms. The summed E-state index contributed by atoms with van der Waals surface area (Å²) in [6.45, 7) is 1.13. The number of hydrogen-bond acceptors (Lipinski definition) is 4. The van der Waals surface area contributed by atoms with Gasteiger partial charge in [-0.05, 0) is 42.9 Å². The van der Waals surface area contributed by atoms with Crippen LogP contribution in [0.3, 0.4) is 0 Å². The lowest BCUT2D eigenvalue weighted by Gasteiger charge is -2.28. The molecule has 0 fully saturated rings. The van der Waals surface area contributed by atoms with Gasteiger partial charge in [0.15, 0.2) is 0 Å². The maximum Gasteiger partial charge on any atom is 0.305 e. The van der Waals surface area contributed by atoms with Crippen LogP contribution in [0.4, 0.5) is 5.69 Å². The first-order valence-corrected chi connectivity index (χ1v) is 7.25. The second kappa shape index (κ2) is 6.75. The largest absolute Gasteiger partial charge is 0.469 e. The third-order valence-corrected chi connectivity index (χ3v) is 3.94. The first-order valence-electron chi connectivity index (χ1n) is 7.25. The highest BCUT2D eigenvalue weighted by molar-refractivity contribution is 5.69. The number of benzene rings is 1.